The van der Waals surface area contributed by atoms with Crippen LogP contribution in [-0.2, 0) is 6.54 Å². The summed E-state index contributed by atoms with van der Waals surface area (Å²) in [6, 6.07) is 16.4. The van der Waals surface area contributed by atoms with Crippen LogP contribution in [0.25, 0.3) is 0 Å². The fraction of sp³-hybridized carbons (Fsp3) is 0.409. The molecule has 4 aliphatic rings. The standard InChI is InChI=1S/C22H24N2O3/c25-22(18-7-9-20-21(10-18)27-15-26-20)24-13-17-6-8-19(24)14-23(12-17)11-16-4-2-1-3-5-16/h1-5,7,9-10,17,19H,6,8,11-15H2/t17-,19+/m0/s1. The summed E-state index contributed by atoms with van der Waals surface area (Å²) < 4.78 is 10.8. The highest BCUT2D eigenvalue weighted by Gasteiger charge is 2.37. The van der Waals surface area contributed by atoms with Gasteiger partial charge in [0.05, 0.1) is 0 Å². The minimum absolute atomic E-state index is 0.115. The molecule has 2 aromatic carbocycles. The Morgan fingerprint density at radius 3 is 2.70 bits per heavy atom. The molecule has 5 nitrogen and oxygen atoms in total. The first-order valence-corrected chi connectivity index (χ1v) is 9.73. The Morgan fingerprint density at radius 1 is 0.963 bits per heavy atom. The lowest BCUT2D eigenvalue weighted by atomic mass is 9.94. The normalized spacial score (nSPS) is 24.1. The minimum atomic E-state index is 0.115. The number of hydrogen-bond acceptors (Lipinski definition) is 4. The first-order valence-electron chi connectivity index (χ1n) is 9.73. The summed E-state index contributed by atoms with van der Waals surface area (Å²) in [7, 11) is 0. The predicted octanol–water partition coefficient (Wildman–Crippen LogP) is 3.15. The van der Waals surface area contributed by atoms with Crippen molar-refractivity contribution in [1.29, 1.82) is 0 Å². The highest BCUT2D eigenvalue weighted by atomic mass is 16.7. The van der Waals surface area contributed by atoms with Gasteiger partial charge in [0.1, 0.15) is 0 Å². The van der Waals surface area contributed by atoms with E-state index in [9.17, 15) is 4.79 Å². The molecule has 5 heteroatoms. The maximum Gasteiger partial charge on any atom is 0.254 e. The second-order valence-electron chi connectivity index (χ2n) is 7.80. The number of carbonyl (C=O) groups excluding carboxylic acids is 1. The Bertz CT molecular complexity index is 839. The number of piperidine rings is 1. The van der Waals surface area contributed by atoms with Crippen molar-refractivity contribution in [2.75, 3.05) is 26.4 Å². The zero-order chi connectivity index (χ0) is 18.2. The molecule has 140 valence electrons. The molecule has 6 rings (SSSR count). The van der Waals surface area contributed by atoms with E-state index in [-0.39, 0.29) is 18.7 Å². The first-order chi connectivity index (χ1) is 13.3. The molecule has 4 aliphatic heterocycles. The molecule has 0 aliphatic carbocycles. The van der Waals surface area contributed by atoms with E-state index in [1.165, 1.54) is 12.0 Å². The van der Waals surface area contributed by atoms with E-state index < -0.39 is 0 Å². The lowest BCUT2D eigenvalue weighted by Gasteiger charge is -2.36. The molecule has 3 saturated heterocycles. The first kappa shape index (κ1) is 16.6. The molecule has 2 atom stereocenters. The van der Waals surface area contributed by atoms with Crippen LogP contribution in [0.4, 0.5) is 0 Å². The summed E-state index contributed by atoms with van der Waals surface area (Å²) in [5.41, 5.74) is 2.04. The topological polar surface area (TPSA) is 42.0 Å². The Kier molecular flexibility index (Phi) is 4.24. The second kappa shape index (κ2) is 6.89. The molecule has 0 N–H and O–H groups in total. The second-order valence-corrected chi connectivity index (χ2v) is 7.80. The molecule has 2 aromatic rings. The van der Waals surface area contributed by atoms with E-state index in [0.29, 0.717) is 17.2 Å². The maximum absolute atomic E-state index is 13.2. The van der Waals surface area contributed by atoms with E-state index >= 15 is 0 Å². The van der Waals surface area contributed by atoms with Crippen molar-refractivity contribution in [2.24, 2.45) is 5.92 Å². The summed E-state index contributed by atoms with van der Waals surface area (Å²) in [5.74, 6) is 2.06. The van der Waals surface area contributed by atoms with Crippen LogP contribution in [0, 0.1) is 5.92 Å². The van der Waals surface area contributed by atoms with Crippen LogP contribution in [0.5, 0.6) is 11.5 Å². The monoisotopic (exact) mass is 364 g/mol. The largest absolute Gasteiger partial charge is 0.454 e. The molecule has 0 aromatic heterocycles. The van der Waals surface area contributed by atoms with E-state index in [0.717, 1.165) is 38.3 Å². The Hall–Kier alpha value is -2.53. The number of hydrogen-bond donors (Lipinski definition) is 0. The summed E-state index contributed by atoms with van der Waals surface area (Å²) in [4.78, 5) is 17.8. The SMILES string of the molecule is O=C(c1ccc2c(c1)OCO2)N1C[C@H]2CC[C@@H]1CN(Cc1ccccc1)C2. The van der Waals surface area contributed by atoms with Crippen molar-refractivity contribution < 1.29 is 14.3 Å². The van der Waals surface area contributed by atoms with Crippen molar-refractivity contribution in [2.45, 2.75) is 25.4 Å². The fourth-order valence-corrected chi connectivity index (χ4v) is 4.59. The zero-order valence-electron chi connectivity index (χ0n) is 15.3. The van der Waals surface area contributed by atoms with Gasteiger partial charge in [0.2, 0.25) is 6.79 Å². The van der Waals surface area contributed by atoms with Gasteiger partial charge in [-0.15, -0.1) is 0 Å². The number of rotatable bonds is 3. The van der Waals surface area contributed by atoms with Gasteiger partial charge < -0.3 is 14.4 Å². The fourth-order valence-electron chi connectivity index (χ4n) is 4.59. The third-order valence-corrected chi connectivity index (χ3v) is 5.92. The third-order valence-electron chi connectivity index (χ3n) is 5.92. The van der Waals surface area contributed by atoms with Crippen molar-refractivity contribution in [1.82, 2.24) is 9.80 Å². The third kappa shape index (κ3) is 3.28. The number of amides is 1. The molecule has 0 saturated carbocycles. The number of benzene rings is 2. The zero-order valence-corrected chi connectivity index (χ0v) is 15.3. The summed E-state index contributed by atoms with van der Waals surface area (Å²) in [5, 5.41) is 0. The van der Waals surface area contributed by atoms with Crippen molar-refractivity contribution in [3.05, 3.63) is 59.7 Å². The lowest BCUT2D eigenvalue weighted by molar-refractivity contribution is 0.0584. The molecular weight excluding hydrogens is 340 g/mol. The van der Waals surface area contributed by atoms with Gasteiger partial charge >= 0.3 is 0 Å². The van der Waals surface area contributed by atoms with Crippen molar-refractivity contribution in [3.8, 4) is 11.5 Å². The highest BCUT2D eigenvalue weighted by molar-refractivity contribution is 5.95. The predicted molar refractivity (Wildman–Crippen MR) is 102 cm³/mol. The lowest BCUT2D eigenvalue weighted by Crippen LogP contribution is -2.47. The van der Waals surface area contributed by atoms with Gasteiger partial charge in [-0.1, -0.05) is 30.3 Å². The van der Waals surface area contributed by atoms with E-state index in [1.807, 2.05) is 18.2 Å². The molecule has 2 bridgehead atoms. The summed E-state index contributed by atoms with van der Waals surface area (Å²) in [6.07, 6.45) is 2.30. The van der Waals surface area contributed by atoms with E-state index in [4.69, 9.17) is 9.47 Å². The van der Waals surface area contributed by atoms with Crippen molar-refractivity contribution in [3.63, 3.8) is 0 Å². The van der Waals surface area contributed by atoms with Gasteiger partial charge in [-0.05, 0) is 42.5 Å². The molecule has 1 amide bonds. The van der Waals surface area contributed by atoms with Crippen LogP contribution in [-0.4, -0.2) is 48.2 Å². The quantitative estimate of drug-likeness (QED) is 0.839. The Balaban J connectivity index is 1.33. The van der Waals surface area contributed by atoms with Gasteiger partial charge in [0.25, 0.3) is 5.91 Å². The molecule has 0 radical (unpaired) electrons. The number of carbonyl (C=O) groups is 1. The summed E-state index contributed by atoms with van der Waals surface area (Å²) >= 11 is 0. The Morgan fingerprint density at radius 2 is 1.81 bits per heavy atom. The van der Waals surface area contributed by atoms with Gasteiger partial charge in [0.15, 0.2) is 11.5 Å². The molecule has 0 spiro atoms. The average Bonchev–Trinajstić information content (AvgIpc) is 3.00. The van der Waals surface area contributed by atoms with E-state index in [1.54, 1.807) is 0 Å². The average molecular weight is 364 g/mol. The van der Waals surface area contributed by atoms with Gasteiger partial charge in [0, 0.05) is 37.8 Å². The van der Waals surface area contributed by atoms with Crippen LogP contribution < -0.4 is 9.47 Å². The smallest absolute Gasteiger partial charge is 0.254 e. The van der Waals surface area contributed by atoms with Crippen LogP contribution in [0.3, 0.4) is 0 Å². The Labute approximate surface area is 159 Å². The molecular formula is C22H24N2O3. The van der Waals surface area contributed by atoms with Crippen LogP contribution in [0.15, 0.2) is 48.5 Å². The number of nitrogens with zero attached hydrogens (tertiary/aromatic N) is 2. The highest BCUT2D eigenvalue weighted by Crippen LogP contribution is 2.34. The molecule has 3 fully saturated rings. The van der Waals surface area contributed by atoms with Crippen LogP contribution >= 0.6 is 0 Å². The van der Waals surface area contributed by atoms with Gasteiger partial charge in [-0.25, -0.2) is 0 Å². The number of fused-ring (bicyclic) bond motifs is 5. The van der Waals surface area contributed by atoms with E-state index in [2.05, 4.69) is 40.1 Å². The molecule has 0 unspecified atom stereocenters. The summed E-state index contributed by atoms with van der Waals surface area (Å²) in [6.45, 7) is 4.05. The molecule has 27 heavy (non-hydrogen) atoms. The van der Waals surface area contributed by atoms with Gasteiger partial charge in [-0.2, -0.15) is 0 Å². The van der Waals surface area contributed by atoms with Crippen LogP contribution in [0.1, 0.15) is 28.8 Å². The maximum atomic E-state index is 13.2. The van der Waals surface area contributed by atoms with Crippen LogP contribution in [0.2, 0.25) is 0 Å². The van der Waals surface area contributed by atoms with Crippen molar-refractivity contribution >= 4 is 5.91 Å². The molecule has 4 heterocycles. The van der Waals surface area contributed by atoms with Gasteiger partial charge in [-0.3, -0.25) is 9.69 Å². The minimum Gasteiger partial charge on any atom is -0.454 e. The number of ether oxygens (including phenoxy) is 2.